The second-order valence-electron chi connectivity index (χ2n) is 4.64. The minimum atomic E-state index is 0.714. The van der Waals surface area contributed by atoms with Crippen molar-refractivity contribution >= 4 is 0 Å². The Morgan fingerprint density at radius 3 is 2.74 bits per heavy atom. The molecule has 0 aliphatic carbocycles. The van der Waals surface area contributed by atoms with Crippen molar-refractivity contribution in [3.05, 3.63) is 29.3 Å². The third-order valence-corrected chi connectivity index (χ3v) is 2.92. The van der Waals surface area contributed by atoms with Crippen LogP contribution in [0.5, 0.6) is 5.75 Å². The highest BCUT2D eigenvalue weighted by Crippen LogP contribution is 2.23. The van der Waals surface area contributed by atoms with Gasteiger partial charge in [0.1, 0.15) is 5.75 Å². The first kappa shape index (κ1) is 16.0. The lowest BCUT2D eigenvalue weighted by molar-refractivity contribution is 0.130. The number of hydrogen-bond donors (Lipinski definition) is 1. The molecule has 0 fully saturated rings. The number of nitrogens with one attached hydrogen (secondary N) is 1. The lowest BCUT2D eigenvalue weighted by Crippen LogP contribution is -2.15. The molecule has 0 unspecified atom stereocenters. The Morgan fingerprint density at radius 1 is 1.16 bits per heavy atom. The molecule has 1 aromatic carbocycles. The van der Waals surface area contributed by atoms with Gasteiger partial charge in [-0.2, -0.15) is 0 Å². The van der Waals surface area contributed by atoms with Crippen molar-refractivity contribution in [1.82, 2.24) is 5.32 Å². The molecule has 1 aromatic rings. The van der Waals surface area contributed by atoms with Crippen molar-refractivity contribution in [2.45, 2.75) is 40.2 Å². The molecule has 0 saturated heterocycles. The molecule has 0 saturated carbocycles. The van der Waals surface area contributed by atoms with Gasteiger partial charge in [0.05, 0.1) is 6.61 Å². The second-order valence-corrected chi connectivity index (χ2v) is 4.64. The molecule has 1 N–H and O–H groups in total. The maximum absolute atomic E-state index is 5.93. The number of benzene rings is 1. The van der Waals surface area contributed by atoms with Crippen LogP contribution in [0.3, 0.4) is 0 Å². The van der Waals surface area contributed by atoms with E-state index in [4.69, 9.17) is 9.47 Å². The second kappa shape index (κ2) is 9.82. The van der Waals surface area contributed by atoms with Gasteiger partial charge in [-0.1, -0.05) is 25.1 Å². The lowest BCUT2D eigenvalue weighted by atomic mass is 10.1. The summed E-state index contributed by atoms with van der Waals surface area (Å²) in [5, 5.41) is 3.42. The predicted molar refractivity (Wildman–Crippen MR) is 79.8 cm³/mol. The summed E-state index contributed by atoms with van der Waals surface area (Å²) >= 11 is 0. The molecule has 3 nitrogen and oxygen atoms in total. The van der Waals surface area contributed by atoms with Gasteiger partial charge in [0, 0.05) is 31.7 Å². The van der Waals surface area contributed by atoms with E-state index in [1.54, 1.807) is 0 Å². The van der Waals surface area contributed by atoms with Crippen LogP contribution in [0.25, 0.3) is 0 Å². The Morgan fingerprint density at radius 2 is 2.00 bits per heavy atom. The van der Waals surface area contributed by atoms with Crippen LogP contribution in [0, 0.1) is 6.92 Å². The standard InChI is InChI=1S/C16H27NO2/c1-4-10-17-13-15-9-6-8-14(3)16(15)19-12-7-11-18-5-2/h6,8-9,17H,4-5,7,10-13H2,1-3H3. The molecule has 0 aromatic heterocycles. The summed E-state index contributed by atoms with van der Waals surface area (Å²) in [6.45, 7) is 10.5. The van der Waals surface area contributed by atoms with Crippen LogP contribution in [-0.2, 0) is 11.3 Å². The first-order valence-corrected chi connectivity index (χ1v) is 7.29. The van der Waals surface area contributed by atoms with Crippen molar-refractivity contribution < 1.29 is 9.47 Å². The highest BCUT2D eigenvalue weighted by Gasteiger charge is 2.06. The van der Waals surface area contributed by atoms with Gasteiger partial charge in [0.2, 0.25) is 0 Å². The van der Waals surface area contributed by atoms with Crippen molar-refractivity contribution in [3.8, 4) is 5.75 Å². The Kier molecular flexibility index (Phi) is 8.26. The molecule has 0 heterocycles. The van der Waals surface area contributed by atoms with Gasteiger partial charge in [0.15, 0.2) is 0 Å². The van der Waals surface area contributed by atoms with E-state index in [0.29, 0.717) is 6.61 Å². The molecule has 3 heteroatoms. The average Bonchev–Trinajstić information content (AvgIpc) is 2.41. The van der Waals surface area contributed by atoms with Gasteiger partial charge in [-0.15, -0.1) is 0 Å². The molecule has 1 rings (SSSR count). The number of ether oxygens (including phenoxy) is 2. The maximum Gasteiger partial charge on any atom is 0.126 e. The average molecular weight is 265 g/mol. The van der Waals surface area contributed by atoms with E-state index in [-0.39, 0.29) is 0 Å². The number of rotatable bonds is 10. The molecular weight excluding hydrogens is 238 g/mol. The van der Waals surface area contributed by atoms with E-state index in [2.05, 4.69) is 37.4 Å². The Bertz CT molecular complexity index is 353. The number of para-hydroxylation sites is 1. The van der Waals surface area contributed by atoms with Gasteiger partial charge < -0.3 is 14.8 Å². The topological polar surface area (TPSA) is 30.5 Å². The minimum Gasteiger partial charge on any atom is -0.493 e. The molecular formula is C16H27NO2. The third-order valence-electron chi connectivity index (χ3n) is 2.92. The normalized spacial score (nSPS) is 10.7. The van der Waals surface area contributed by atoms with Gasteiger partial charge >= 0.3 is 0 Å². The van der Waals surface area contributed by atoms with E-state index in [0.717, 1.165) is 44.9 Å². The van der Waals surface area contributed by atoms with Crippen molar-refractivity contribution in [2.24, 2.45) is 0 Å². The van der Waals surface area contributed by atoms with E-state index in [9.17, 15) is 0 Å². The predicted octanol–water partition coefficient (Wildman–Crippen LogP) is 3.30. The molecule has 0 aliphatic heterocycles. The number of hydrogen-bond acceptors (Lipinski definition) is 3. The summed E-state index contributed by atoms with van der Waals surface area (Å²) in [5.74, 6) is 1.03. The van der Waals surface area contributed by atoms with E-state index < -0.39 is 0 Å². The van der Waals surface area contributed by atoms with Crippen LogP contribution in [0.15, 0.2) is 18.2 Å². The zero-order chi connectivity index (χ0) is 13.9. The van der Waals surface area contributed by atoms with Crippen LogP contribution in [-0.4, -0.2) is 26.4 Å². The summed E-state index contributed by atoms with van der Waals surface area (Å²) < 4.78 is 11.2. The summed E-state index contributed by atoms with van der Waals surface area (Å²) in [5.41, 5.74) is 2.44. The number of aryl methyl sites for hydroxylation is 1. The van der Waals surface area contributed by atoms with Crippen LogP contribution in [0.1, 0.15) is 37.8 Å². The fraction of sp³-hybridized carbons (Fsp3) is 0.625. The SMILES string of the molecule is CCCNCc1cccc(C)c1OCCCOCC. The quantitative estimate of drug-likeness (QED) is 0.658. The molecule has 0 spiro atoms. The molecule has 0 amide bonds. The van der Waals surface area contributed by atoms with Crippen LogP contribution in [0.4, 0.5) is 0 Å². The first-order valence-electron chi connectivity index (χ1n) is 7.29. The van der Waals surface area contributed by atoms with Gasteiger partial charge in [0.25, 0.3) is 0 Å². The lowest BCUT2D eigenvalue weighted by Gasteiger charge is -2.14. The van der Waals surface area contributed by atoms with Crippen LogP contribution >= 0.6 is 0 Å². The summed E-state index contributed by atoms with van der Waals surface area (Å²) in [6.07, 6.45) is 2.08. The fourth-order valence-corrected chi connectivity index (χ4v) is 1.94. The Hall–Kier alpha value is -1.06. The fourth-order valence-electron chi connectivity index (χ4n) is 1.94. The maximum atomic E-state index is 5.93. The minimum absolute atomic E-state index is 0.714. The van der Waals surface area contributed by atoms with E-state index >= 15 is 0 Å². The van der Waals surface area contributed by atoms with Gasteiger partial charge in [-0.25, -0.2) is 0 Å². The molecule has 0 radical (unpaired) electrons. The van der Waals surface area contributed by atoms with E-state index in [1.165, 1.54) is 11.1 Å². The summed E-state index contributed by atoms with van der Waals surface area (Å²) in [7, 11) is 0. The van der Waals surface area contributed by atoms with Crippen molar-refractivity contribution in [3.63, 3.8) is 0 Å². The molecule has 0 atom stereocenters. The van der Waals surface area contributed by atoms with Gasteiger partial charge in [-0.05, 0) is 32.4 Å². The summed E-state index contributed by atoms with van der Waals surface area (Å²) in [4.78, 5) is 0. The summed E-state index contributed by atoms with van der Waals surface area (Å²) in [6, 6.07) is 6.32. The van der Waals surface area contributed by atoms with Crippen molar-refractivity contribution in [1.29, 1.82) is 0 Å². The highest BCUT2D eigenvalue weighted by molar-refractivity contribution is 5.40. The van der Waals surface area contributed by atoms with Gasteiger partial charge in [-0.3, -0.25) is 0 Å². The molecule has 0 bridgehead atoms. The highest BCUT2D eigenvalue weighted by atomic mass is 16.5. The van der Waals surface area contributed by atoms with Crippen LogP contribution < -0.4 is 10.1 Å². The van der Waals surface area contributed by atoms with E-state index in [1.807, 2.05) is 6.92 Å². The smallest absolute Gasteiger partial charge is 0.126 e. The van der Waals surface area contributed by atoms with Crippen LogP contribution in [0.2, 0.25) is 0 Å². The monoisotopic (exact) mass is 265 g/mol. The zero-order valence-corrected chi connectivity index (χ0v) is 12.5. The molecule has 0 aliphatic rings. The largest absolute Gasteiger partial charge is 0.493 e. The molecule has 19 heavy (non-hydrogen) atoms. The molecule has 108 valence electrons. The third kappa shape index (κ3) is 6.08. The van der Waals surface area contributed by atoms with Crippen molar-refractivity contribution in [2.75, 3.05) is 26.4 Å². The Labute approximate surface area is 117 Å². The Balaban J connectivity index is 2.49. The zero-order valence-electron chi connectivity index (χ0n) is 12.5. The first-order chi connectivity index (χ1) is 9.29.